The highest BCUT2D eigenvalue weighted by Gasteiger charge is 2.08. The molecule has 0 bridgehead atoms. The number of rotatable bonds is 7. The lowest BCUT2D eigenvalue weighted by molar-refractivity contribution is -0.117. The second-order valence-electron chi connectivity index (χ2n) is 3.84. The van der Waals surface area contributed by atoms with E-state index in [1.54, 1.807) is 12.1 Å². The van der Waals surface area contributed by atoms with Crippen molar-refractivity contribution in [3.63, 3.8) is 0 Å². The molecule has 0 heterocycles. The zero-order chi connectivity index (χ0) is 13.5. The molecule has 4 nitrogen and oxygen atoms in total. The second kappa shape index (κ2) is 6.90. The Bertz CT molecular complexity index is 399. The van der Waals surface area contributed by atoms with Gasteiger partial charge in [-0.05, 0) is 24.6 Å². The van der Waals surface area contributed by atoms with Gasteiger partial charge in [-0.15, -0.1) is 0 Å². The van der Waals surface area contributed by atoms with Crippen LogP contribution in [0.3, 0.4) is 0 Å². The Hall–Kier alpha value is -1.69. The molecular formula is C12H16F2N2O2. The van der Waals surface area contributed by atoms with E-state index in [9.17, 15) is 13.6 Å². The fourth-order valence-electron chi connectivity index (χ4n) is 1.49. The third-order valence-corrected chi connectivity index (χ3v) is 2.41. The highest BCUT2D eigenvalue weighted by atomic mass is 19.3. The molecule has 100 valence electrons. The van der Waals surface area contributed by atoms with Gasteiger partial charge in [-0.1, -0.05) is 12.1 Å². The lowest BCUT2D eigenvalue weighted by Gasteiger charge is -2.14. The first kappa shape index (κ1) is 14.4. The largest absolute Gasteiger partial charge is 0.435 e. The summed E-state index contributed by atoms with van der Waals surface area (Å²) in [5, 5.41) is 3.07. The maximum absolute atomic E-state index is 12.1. The number of amides is 1. The zero-order valence-corrected chi connectivity index (χ0v) is 10.0. The molecule has 0 aliphatic carbocycles. The molecular weight excluding hydrogens is 242 g/mol. The van der Waals surface area contributed by atoms with Crippen molar-refractivity contribution in [1.29, 1.82) is 0 Å². The maximum Gasteiger partial charge on any atom is 0.387 e. The number of primary amides is 1. The van der Waals surface area contributed by atoms with Gasteiger partial charge in [0.05, 0.1) is 0 Å². The van der Waals surface area contributed by atoms with E-state index in [0.29, 0.717) is 6.54 Å². The molecule has 0 aliphatic heterocycles. The maximum atomic E-state index is 12.1. The quantitative estimate of drug-likeness (QED) is 0.784. The number of hydrogen-bond acceptors (Lipinski definition) is 3. The van der Waals surface area contributed by atoms with Gasteiger partial charge >= 0.3 is 6.61 Å². The molecule has 0 saturated carbocycles. The third-order valence-electron chi connectivity index (χ3n) is 2.41. The summed E-state index contributed by atoms with van der Waals surface area (Å²) in [7, 11) is 0. The zero-order valence-electron chi connectivity index (χ0n) is 10.0. The van der Waals surface area contributed by atoms with E-state index in [2.05, 4.69) is 10.1 Å². The van der Waals surface area contributed by atoms with Crippen molar-refractivity contribution in [2.75, 3.05) is 6.54 Å². The van der Waals surface area contributed by atoms with Crippen LogP contribution in [0, 0.1) is 0 Å². The number of carbonyl (C=O) groups excluding carboxylic acids is 1. The van der Waals surface area contributed by atoms with E-state index in [0.717, 1.165) is 5.56 Å². The molecule has 1 amide bonds. The summed E-state index contributed by atoms with van der Waals surface area (Å²) in [6.07, 6.45) is 0.234. The predicted octanol–water partition coefficient (Wildman–Crippen LogP) is 1.81. The first-order valence-electron chi connectivity index (χ1n) is 5.55. The highest BCUT2D eigenvalue weighted by Crippen LogP contribution is 2.20. The van der Waals surface area contributed by atoms with E-state index in [1.165, 1.54) is 12.1 Å². The van der Waals surface area contributed by atoms with Crippen molar-refractivity contribution in [2.24, 2.45) is 5.73 Å². The molecule has 0 radical (unpaired) electrons. The molecule has 0 aromatic heterocycles. The van der Waals surface area contributed by atoms with E-state index in [4.69, 9.17) is 5.73 Å². The number of hydrogen-bond donors (Lipinski definition) is 2. The van der Waals surface area contributed by atoms with Gasteiger partial charge in [0.2, 0.25) is 5.91 Å². The van der Waals surface area contributed by atoms with Gasteiger partial charge in [-0.3, -0.25) is 4.79 Å². The molecule has 1 atom stereocenters. The Morgan fingerprint density at radius 1 is 1.50 bits per heavy atom. The van der Waals surface area contributed by atoms with Crippen molar-refractivity contribution in [3.8, 4) is 5.75 Å². The summed E-state index contributed by atoms with van der Waals surface area (Å²) in [5.74, 6) is -0.268. The first-order chi connectivity index (χ1) is 8.49. The first-order valence-corrected chi connectivity index (χ1v) is 5.55. The van der Waals surface area contributed by atoms with Crippen LogP contribution in [0.4, 0.5) is 8.78 Å². The highest BCUT2D eigenvalue weighted by molar-refractivity contribution is 5.73. The van der Waals surface area contributed by atoms with Gasteiger partial charge in [0, 0.05) is 19.0 Å². The van der Waals surface area contributed by atoms with E-state index in [-0.39, 0.29) is 24.1 Å². The number of nitrogens with two attached hydrogens (primary N) is 1. The summed E-state index contributed by atoms with van der Waals surface area (Å²) >= 11 is 0. The number of halogens is 2. The van der Waals surface area contributed by atoms with E-state index < -0.39 is 6.61 Å². The lowest BCUT2D eigenvalue weighted by Crippen LogP contribution is -2.24. The van der Waals surface area contributed by atoms with Crippen LogP contribution < -0.4 is 15.8 Å². The Labute approximate surface area is 104 Å². The van der Waals surface area contributed by atoms with Crippen LogP contribution in [0.1, 0.15) is 24.9 Å². The Kier molecular flexibility index (Phi) is 5.51. The van der Waals surface area contributed by atoms with Crippen molar-refractivity contribution in [1.82, 2.24) is 5.32 Å². The minimum atomic E-state index is -2.83. The third kappa shape index (κ3) is 5.09. The van der Waals surface area contributed by atoms with Gasteiger partial charge in [0.15, 0.2) is 0 Å². The average Bonchev–Trinajstić information content (AvgIpc) is 2.27. The summed E-state index contributed by atoms with van der Waals surface area (Å²) < 4.78 is 28.4. The van der Waals surface area contributed by atoms with Crippen molar-refractivity contribution >= 4 is 5.91 Å². The molecule has 6 heteroatoms. The van der Waals surface area contributed by atoms with Gasteiger partial charge in [0.25, 0.3) is 0 Å². The molecule has 3 N–H and O–H groups in total. The summed E-state index contributed by atoms with van der Waals surface area (Å²) in [4.78, 5) is 10.6. The Morgan fingerprint density at radius 3 is 2.83 bits per heavy atom. The molecule has 0 fully saturated rings. The topological polar surface area (TPSA) is 64.3 Å². The predicted molar refractivity (Wildman–Crippen MR) is 63.3 cm³/mol. The standard InChI is InChI=1S/C12H16F2N2O2/c1-8(16-6-5-11(15)17)9-3-2-4-10(7-9)18-12(13)14/h2-4,7-8,12,16H,5-6H2,1H3,(H2,15,17). The molecule has 0 saturated heterocycles. The molecule has 1 unspecified atom stereocenters. The number of benzene rings is 1. The number of nitrogens with one attached hydrogen (secondary N) is 1. The SMILES string of the molecule is CC(NCCC(N)=O)c1cccc(OC(F)F)c1. The van der Waals surface area contributed by atoms with Crippen LogP contribution in [-0.2, 0) is 4.79 Å². The van der Waals surface area contributed by atoms with E-state index in [1.807, 2.05) is 6.92 Å². The molecule has 0 aliphatic rings. The number of ether oxygens (including phenoxy) is 1. The van der Waals surface area contributed by atoms with Crippen LogP contribution in [0.15, 0.2) is 24.3 Å². The van der Waals surface area contributed by atoms with Gasteiger partial charge in [-0.25, -0.2) is 0 Å². The normalized spacial score (nSPS) is 12.4. The summed E-state index contributed by atoms with van der Waals surface area (Å²) in [6.45, 7) is -0.530. The smallest absolute Gasteiger partial charge is 0.387 e. The Morgan fingerprint density at radius 2 is 2.22 bits per heavy atom. The van der Waals surface area contributed by atoms with Crippen LogP contribution in [0.25, 0.3) is 0 Å². The number of alkyl halides is 2. The molecule has 1 aromatic carbocycles. The van der Waals surface area contributed by atoms with E-state index >= 15 is 0 Å². The minimum Gasteiger partial charge on any atom is -0.435 e. The molecule has 0 spiro atoms. The second-order valence-corrected chi connectivity index (χ2v) is 3.84. The molecule has 1 rings (SSSR count). The van der Waals surface area contributed by atoms with Gasteiger partial charge < -0.3 is 15.8 Å². The monoisotopic (exact) mass is 258 g/mol. The Balaban J connectivity index is 2.56. The minimum absolute atomic E-state index is 0.0782. The number of carbonyl (C=O) groups is 1. The van der Waals surface area contributed by atoms with Gasteiger partial charge in [0.1, 0.15) is 5.75 Å². The average molecular weight is 258 g/mol. The van der Waals surface area contributed by atoms with Crippen LogP contribution >= 0.6 is 0 Å². The van der Waals surface area contributed by atoms with Gasteiger partial charge in [-0.2, -0.15) is 8.78 Å². The summed E-state index contributed by atoms with van der Waals surface area (Å²) in [6, 6.07) is 6.35. The van der Waals surface area contributed by atoms with Crippen molar-refractivity contribution in [2.45, 2.75) is 26.0 Å². The van der Waals surface area contributed by atoms with Crippen LogP contribution in [-0.4, -0.2) is 19.1 Å². The fourth-order valence-corrected chi connectivity index (χ4v) is 1.49. The molecule has 18 heavy (non-hydrogen) atoms. The lowest BCUT2D eigenvalue weighted by atomic mass is 10.1. The summed E-state index contributed by atoms with van der Waals surface area (Å²) in [5.41, 5.74) is 5.82. The fraction of sp³-hybridized carbons (Fsp3) is 0.417. The van der Waals surface area contributed by atoms with Crippen molar-refractivity contribution < 1.29 is 18.3 Å². The van der Waals surface area contributed by atoms with Crippen LogP contribution in [0.2, 0.25) is 0 Å². The molecule has 1 aromatic rings. The van der Waals surface area contributed by atoms with Crippen molar-refractivity contribution in [3.05, 3.63) is 29.8 Å². The van der Waals surface area contributed by atoms with Crippen LogP contribution in [0.5, 0.6) is 5.75 Å².